The van der Waals surface area contributed by atoms with Crippen LogP contribution in [-0.2, 0) is 6.42 Å². The molecule has 21 heavy (non-hydrogen) atoms. The van der Waals surface area contributed by atoms with Gasteiger partial charge in [0.1, 0.15) is 5.82 Å². The Kier molecular flexibility index (Phi) is 4.00. The lowest BCUT2D eigenvalue weighted by atomic mass is 10.2. The van der Waals surface area contributed by atoms with Crippen molar-refractivity contribution >= 4 is 23.2 Å². The van der Waals surface area contributed by atoms with Crippen LogP contribution in [0.1, 0.15) is 12.6 Å². The lowest BCUT2D eigenvalue weighted by Gasteiger charge is -2.12. The van der Waals surface area contributed by atoms with Crippen molar-refractivity contribution in [3.8, 4) is 17.1 Å². The Balaban J connectivity index is 2.22. The molecule has 0 N–H and O–H groups in total. The number of aryl methyl sites for hydroxylation is 1. The molecule has 106 valence electrons. The number of halogens is 2. The number of rotatable bonds is 3. The monoisotopic (exact) mass is 316 g/mol. The summed E-state index contributed by atoms with van der Waals surface area (Å²) >= 11 is 12.3. The largest absolute Gasteiger partial charge is 0.297 e. The third-order valence-electron chi connectivity index (χ3n) is 3.40. The van der Waals surface area contributed by atoms with Crippen LogP contribution in [0.4, 0.5) is 0 Å². The van der Waals surface area contributed by atoms with E-state index in [0.717, 1.165) is 34.2 Å². The summed E-state index contributed by atoms with van der Waals surface area (Å²) in [5, 5.41) is 1.41. The molecule has 0 aliphatic carbocycles. The van der Waals surface area contributed by atoms with Gasteiger partial charge in [-0.1, -0.05) is 42.3 Å². The summed E-state index contributed by atoms with van der Waals surface area (Å²) in [6.45, 7) is 2.11. The molecule has 0 aliphatic rings. The van der Waals surface area contributed by atoms with E-state index in [4.69, 9.17) is 23.2 Å². The summed E-state index contributed by atoms with van der Waals surface area (Å²) in [7, 11) is 0. The van der Waals surface area contributed by atoms with Gasteiger partial charge < -0.3 is 0 Å². The minimum Gasteiger partial charge on any atom is -0.297 e. The van der Waals surface area contributed by atoms with Crippen LogP contribution in [0, 0.1) is 0 Å². The maximum atomic E-state index is 6.32. The summed E-state index contributed by atoms with van der Waals surface area (Å²) < 4.78 is 2.12. The van der Waals surface area contributed by atoms with Crippen molar-refractivity contribution in [1.82, 2.24) is 9.55 Å². The van der Waals surface area contributed by atoms with Crippen LogP contribution in [0.5, 0.6) is 0 Å². The molecule has 0 saturated heterocycles. The maximum Gasteiger partial charge on any atom is 0.146 e. The van der Waals surface area contributed by atoms with E-state index in [9.17, 15) is 0 Å². The van der Waals surface area contributed by atoms with Crippen LogP contribution in [0.15, 0.2) is 54.7 Å². The minimum atomic E-state index is 0.695. The second-order valence-corrected chi connectivity index (χ2v) is 5.56. The summed E-state index contributed by atoms with van der Waals surface area (Å²) in [5.74, 6) is 0.847. The molecule has 2 nitrogen and oxygen atoms in total. The van der Waals surface area contributed by atoms with E-state index in [2.05, 4.69) is 16.5 Å². The number of hydrogen-bond donors (Lipinski definition) is 0. The van der Waals surface area contributed by atoms with Crippen LogP contribution in [-0.4, -0.2) is 9.55 Å². The molecule has 0 spiro atoms. The number of benzene rings is 2. The number of nitrogens with zero attached hydrogens (tertiary/aromatic N) is 2. The molecule has 1 heterocycles. The summed E-state index contributed by atoms with van der Waals surface area (Å²) in [5.41, 5.74) is 3.09. The van der Waals surface area contributed by atoms with E-state index in [0.29, 0.717) is 5.02 Å². The molecule has 3 rings (SSSR count). The highest BCUT2D eigenvalue weighted by molar-refractivity contribution is 6.33. The topological polar surface area (TPSA) is 17.8 Å². The van der Waals surface area contributed by atoms with Crippen LogP contribution in [0.2, 0.25) is 10.0 Å². The van der Waals surface area contributed by atoms with Crippen molar-refractivity contribution in [2.24, 2.45) is 0 Å². The molecule has 1 aromatic heterocycles. The Morgan fingerprint density at radius 1 is 1.00 bits per heavy atom. The first-order valence-electron chi connectivity index (χ1n) is 6.78. The van der Waals surface area contributed by atoms with Crippen LogP contribution < -0.4 is 0 Å². The molecule has 0 unspecified atom stereocenters. The fraction of sp³-hybridized carbons (Fsp3) is 0.118. The molecular weight excluding hydrogens is 303 g/mol. The Labute approximate surface area is 134 Å². The van der Waals surface area contributed by atoms with Crippen LogP contribution in [0.3, 0.4) is 0 Å². The van der Waals surface area contributed by atoms with Gasteiger partial charge in [0.15, 0.2) is 0 Å². The Morgan fingerprint density at radius 2 is 1.71 bits per heavy atom. The third-order valence-corrected chi connectivity index (χ3v) is 3.98. The van der Waals surface area contributed by atoms with Gasteiger partial charge in [-0.2, -0.15) is 0 Å². The molecular formula is C17H14Cl2N2. The Hall–Kier alpha value is -1.77. The molecule has 2 aromatic carbocycles. The van der Waals surface area contributed by atoms with Crippen LogP contribution in [0.25, 0.3) is 17.1 Å². The molecule has 0 fully saturated rings. The molecule has 0 aliphatic heterocycles. The highest BCUT2D eigenvalue weighted by Crippen LogP contribution is 2.30. The minimum absolute atomic E-state index is 0.695. The second-order valence-electron chi connectivity index (χ2n) is 4.72. The van der Waals surface area contributed by atoms with Gasteiger partial charge in [0, 0.05) is 28.2 Å². The molecule has 0 bridgehead atoms. The van der Waals surface area contributed by atoms with Gasteiger partial charge in [-0.05, 0) is 42.8 Å². The first-order valence-corrected chi connectivity index (χ1v) is 7.53. The highest BCUT2D eigenvalue weighted by Gasteiger charge is 2.14. The average molecular weight is 317 g/mol. The predicted octanol–water partition coefficient (Wildman–Crippen LogP) is 5.41. The van der Waals surface area contributed by atoms with Crippen molar-refractivity contribution in [2.45, 2.75) is 13.3 Å². The summed E-state index contributed by atoms with van der Waals surface area (Å²) in [6, 6.07) is 15.5. The zero-order chi connectivity index (χ0) is 14.8. The van der Waals surface area contributed by atoms with Gasteiger partial charge in [-0.25, -0.2) is 4.98 Å². The predicted molar refractivity (Wildman–Crippen MR) is 88.4 cm³/mol. The first-order chi connectivity index (χ1) is 10.2. The van der Waals surface area contributed by atoms with Gasteiger partial charge in [0.2, 0.25) is 0 Å². The van der Waals surface area contributed by atoms with Gasteiger partial charge >= 0.3 is 0 Å². The van der Waals surface area contributed by atoms with Gasteiger partial charge in [-0.15, -0.1) is 0 Å². The van der Waals surface area contributed by atoms with Gasteiger partial charge in [0.05, 0.1) is 5.02 Å². The zero-order valence-corrected chi connectivity index (χ0v) is 13.1. The summed E-state index contributed by atoms with van der Waals surface area (Å²) in [6.07, 6.45) is 2.79. The van der Waals surface area contributed by atoms with E-state index in [1.807, 2.05) is 54.7 Å². The number of hydrogen-bond acceptors (Lipinski definition) is 1. The molecule has 0 atom stereocenters. The number of aromatic nitrogens is 2. The van der Waals surface area contributed by atoms with Crippen molar-refractivity contribution < 1.29 is 0 Å². The summed E-state index contributed by atoms with van der Waals surface area (Å²) in [4.78, 5) is 4.56. The van der Waals surface area contributed by atoms with E-state index in [1.54, 1.807) is 0 Å². The fourth-order valence-corrected chi connectivity index (χ4v) is 2.69. The zero-order valence-electron chi connectivity index (χ0n) is 11.6. The fourth-order valence-electron chi connectivity index (χ4n) is 2.35. The smallest absolute Gasteiger partial charge is 0.146 e. The van der Waals surface area contributed by atoms with Crippen molar-refractivity contribution in [1.29, 1.82) is 0 Å². The van der Waals surface area contributed by atoms with Gasteiger partial charge in [0.25, 0.3) is 0 Å². The van der Waals surface area contributed by atoms with Crippen LogP contribution >= 0.6 is 23.2 Å². The SMILES string of the molecule is CCc1cnc(-c2ccccc2Cl)n1-c1ccc(Cl)cc1. The Bertz CT molecular complexity index is 761. The van der Waals surface area contributed by atoms with E-state index in [1.165, 1.54) is 0 Å². The average Bonchev–Trinajstić information content (AvgIpc) is 2.92. The van der Waals surface area contributed by atoms with Gasteiger partial charge in [-0.3, -0.25) is 4.57 Å². The van der Waals surface area contributed by atoms with Crippen molar-refractivity contribution in [3.63, 3.8) is 0 Å². The second kappa shape index (κ2) is 5.92. The normalized spacial score (nSPS) is 10.8. The van der Waals surface area contributed by atoms with Crippen molar-refractivity contribution in [2.75, 3.05) is 0 Å². The lowest BCUT2D eigenvalue weighted by Crippen LogP contribution is -2.01. The highest BCUT2D eigenvalue weighted by atomic mass is 35.5. The third kappa shape index (κ3) is 2.69. The molecule has 0 saturated carbocycles. The molecule has 0 amide bonds. The maximum absolute atomic E-state index is 6.32. The Morgan fingerprint density at radius 3 is 2.38 bits per heavy atom. The molecule has 3 aromatic rings. The number of imidazole rings is 1. The first kappa shape index (κ1) is 14.2. The quantitative estimate of drug-likeness (QED) is 0.631. The lowest BCUT2D eigenvalue weighted by molar-refractivity contribution is 0.941. The standard InChI is InChI=1S/C17H14Cl2N2/c1-2-13-11-20-17(15-5-3-4-6-16(15)19)21(13)14-9-7-12(18)8-10-14/h3-11H,2H2,1H3. The molecule has 0 radical (unpaired) electrons. The van der Waals surface area contributed by atoms with E-state index in [-0.39, 0.29) is 0 Å². The van der Waals surface area contributed by atoms with E-state index >= 15 is 0 Å². The molecule has 4 heteroatoms. The van der Waals surface area contributed by atoms with Crippen molar-refractivity contribution in [3.05, 3.63) is 70.5 Å². The van der Waals surface area contributed by atoms with E-state index < -0.39 is 0 Å².